The molecule has 0 aliphatic heterocycles. The molecule has 0 aliphatic rings. The molecule has 0 fully saturated rings. The zero-order chi connectivity index (χ0) is 14.3. The summed E-state index contributed by atoms with van der Waals surface area (Å²) in [5, 5.41) is 0. The zero-order valence-electron chi connectivity index (χ0n) is 13.1. The number of unbranched alkanes of at least 4 members (excludes halogenated alkanes) is 1. The molecule has 20 heavy (non-hydrogen) atoms. The molecule has 1 atom stereocenters. The third-order valence-electron chi connectivity index (χ3n) is 3.50. The van der Waals surface area contributed by atoms with Gasteiger partial charge in [-0.25, -0.2) is 9.13 Å². The maximum atomic E-state index is 5.57. The van der Waals surface area contributed by atoms with E-state index in [-0.39, 0.29) is 18.6 Å². The normalized spacial score (nSPS) is 13.2. The van der Waals surface area contributed by atoms with Crippen molar-refractivity contribution < 1.29 is 31.2 Å². The van der Waals surface area contributed by atoms with Crippen LogP contribution in [0.5, 0.6) is 0 Å². The van der Waals surface area contributed by atoms with Gasteiger partial charge in [-0.2, -0.15) is 0 Å². The molecule has 5 nitrogen and oxygen atoms in total. The monoisotopic (exact) mass is 322 g/mol. The van der Waals surface area contributed by atoms with Crippen molar-refractivity contribution in [1.82, 2.24) is 4.57 Å². The van der Waals surface area contributed by atoms with Gasteiger partial charge in [-0.3, -0.25) is 0 Å². The molecule has 0 bridgehead atoms. The molecule has 1 aromatic rings. The Labute approximate surface area is 131 Å². The van der Waals surface area contributed by atoms with E-state index in [0.717, 1.165) is 16.8 Å². The lowest BCUT2D eigenvalue weighted by molar-refractivity contribution is -0.763. The molecule has 0 saturated heterocycles. The van der Waals surface area contributed by atoms with E-state index in [2.05, 4.69) is 28.6 Å². The summed E-state index contributed by atoms with van der Waals surface area (Å²) >= 11 is 0. The Morgan fingerprint density at radius 2 is 1.95 bits per heavy atom. The molecule has 1 aromatic heterocycles. The van der Waals surface area contributed by atoms with Crippen LogP contribution in [0.3, 0.4) is 0 Å². The minimum atomic E-state index is -0.501. The minimum Gasteiger partial charge on any atom is -1.00 e. The number of methoxy groups -OCH3 is 3. The van der Waals surface area contributed by atoms with Crippen LogP contribution in [-0.2, 0) is 20.8 Å². The first-order valence-corrected chi connectivity index (χ1v) is 7.78. The third kappa shape index (κ3) is 5.53. The molecule has 1 rings (SSSR count). The van der Waals surface area contributed by atoms with Gasteiger partial charge < -0.3 is 26.6 Å². The van der Waals surface area contributed by atoms with Gasteiger partial charge in [0, 0.05) is 21.3 Å². The van der Waals surface area contributed by atoms with Gasteiger partial charge in [0.15, 0.2) is 0 Å². The van der Waals surface area contributed by atoms with Gasteiger partial charge in [-0.15, -0.1) is 0 Å². The summed E-state index contributed by atoms with van der Waals surface area (Å²) in [5.74, 6) is 0. The second kappa shape index (κ2) is 9.52. The smallest absolute Gasteiger partial charge is 0.245 e. The van der Waals surface area contributed by atoms with Crippen LogP contribution in [0, 0.1) is 0 Å². The molecule has 0 aromatic carbocycles. The number of aryl methyl sites for hydroxylation is 1. The highest BCUT2D eigenvalue weighted by molar-refractivity contribution is 6.13. The van der Waals surface area contributed by atoms with Crippen LogP contribution >= 0.6 is 0 Å². The van der Waals surface area contributed by atoms with E-state index in [1.165, 1.54) is 12.8 Å². The average molecular weight is 323 g/mol. The van der Waals surface area contributed by atoms with Crippen molar-refractivity contribution in [3.63, 3.8) is 0 Å². The molecular weight excluding hydrogens is 296 g/mol. The summed E-state index contributed by atoms with van der Waals surface area (Å²) in [6.45, 7) is 3.24. The van der Waals surface area contributed by atoms with Crippen LogP contribution in [-0.4, -0.2) is 41.5 Å². The van der Waals surface area contributed by atoms with E-state index >= 15 is 0 Å². The lowest BCUT2D eigenvalue weighted by Gasteiger charge is -2.28. The molecule has 7 heteroatoms. The highest BCUT2D eigenvalue weighted by Gasteiger charge is 2.30. The van der Waals surface area contributed by atoms with E-state index < -0.39 is 5.41 Å². The Morgan fingerprint density at radius 3 is 2.45 bits per heavy atom. The molecule has 0 amide bonds. The predicted molar refractivity (Wildman–Crippen MR) is 76.9 cm³/mol. The molecule has 0 aliphatic carbocycles. The van der Waals surface area contributed by atoms with Gasteiger partial charge >= 0.3 is 0 Å². The molecule has 1 heterocycles. The lowest BCUT2D eigenvalue weighted by atomic mass is 10.3. The van der Waals surface area contributed by atoms with E-state index in [1.807, 2.05) is 6.20 Å². The number of ether oxygens (including phenoxy) is 3. The van der Waals surface area contributed by atoms with Crippen molar-refractivity contribution in [2.75, 3.05) is 21.3 Å². The van der Waals surface area contributed by atoms with Crippen LogP contribution in [0.25, 0.3) is 0 Å². The summed E-state index contributed by atoms with van der Waals surface area (Å²) in [7, 11) is 5.87. The highest BCUT2D eigenvalue weighted by atomic mass is 35.5. The van der Waals surface area contributed by atoms with Crippen molar-refractivity contribution in [1.29, 1.82) is 0 Å². The fraction of sp³-hybridized carbons (Fsp3) is 0.769. The Hall–Kier alpha value is -0.403. The first kappa shape index (κ1) is 19.6. The van der Waals surface area contributed by atoms with E-state index in [1.54, 1.807) is 21.3 Å². The molecule has 1 unspecified atom stereocenters. The first-order valence-electron chi connectivity index (χ1n) is 6.78. The summed E-state index contributed by atoms with van der Waals surface area (Å²) in [6.07, 6.45) is 9.20. The number of halogens is 1. The van der Waals surface area contributed by atoms with Gasteiger partial charge in [-0.05, 0) is 6.42 Å². The molecule has 118 valence electrons. The van der Waals surface area contributed by atoms with Crippen molar-refractivity contribution >= 4 is 10.2 Å². The summed E-state index contributed by atoms with van der Waals surface area (Å²) < 4.78 is 20.7. The van der Waals surface area contributed by atoms with Crippen molar-refractivity contribution in [2.45, 2.75) is 44.4 Å². The summed E-state index contributed by atoms with van der Waals surface area (Å²) in [6, 6.07) is 0. The Kier molecular flexibility index (Phi) is 9.33. The summed E-state index contributed by atoms with van der Waals surface area (Å²) in [4.78, 5) is 0. The Morgan fingerprint density at radius 1 is 1.30 bits per heavy atom. The molecule has 0 radical (unpaired) electrons. The van der Waals surface area contributed by atoms with Gasteiger partial charge in [0.2, 0.25) is 12.6 Å². The van der Waals surface area contributed by atoms with Gasteiger partial charge in [-0.1, -0.05) is 13.3 Å². The van der Waals surface area contributed by atoms with Crippen molar-refractivity contribution in [3.8, 4) is 0 Å². The fourth-order valence-corrected chi connectivity index (χ4v) is 2.28. The van der Waals surface area contributed by atoms with Crippen LogP contribution in [0.2, 0.25) is 0 Å². The predicted octanol–water partition coefficient (Wildman–Crippen LogP) is -2.57. The SMILES string of the molecule is CCCCn1cc[n+](C(CC([SiH3])(OC)OC)OC)c1.[Cl-]. The maximum absolute atomic E-state index is 5.57. The zero-order valence-corrected chi connectivity index (χ0v) is 15.9. The number of imidazole rings is 1. The second-order valence-corrected chi connectivity index (χ2v) is 6.41. The van der Waals surface area contributed by atoms with Crippen molar-refractivity contribution in [3.05, 3.63) is 18.7 Å². The molecule has 0 spiro atoms. The highest BCUT2D eigenvalue weighted by Crippen LogP contribution is 2.19. The largest absolute Gasteiger partial charge is 1.00 e. The molecular formula is C13H27ClN2O3Si. The lowest BCUT2D eigenvalue weighted by Crippen LogP contribution is -3.00. The van der Waals surface area contributed by atoms with E-state index in [9.17, 15) is 0 Å². The number of hydrogen-bond donors (Lipinski definition) is 0. The van der Waals surface area contributed by atoms with E-state index in [0.29, 0.717) is 6.42 Å². The molecule has 0 N–H and O–H groups in total. The Bertz CT molecular complexity index is 372. The maximum Gasteiger partial charge on any atom is 0.245 e. The standard InChI is InChI=1S/C13H27N2O3Si.ClH/c1-5-6-7-14-8-9-15(11-14)12(16-2)10-13(19,17-3)18-4;/h8-9,11-12H,5-7,10H2,1-4,19H3;1H/q+1;/p-1. The Balaban J connectivity index is 0.00000361. The van der Waals surface area contributed by atoms with Crippen molar-refractivity contribution in [2.24, 2.45) is 0 Å². The van der Waals surface area contributed by atoms with Gasteiger partial charge in [0.25, 0.3) is 0 Å². The van der Waals surface area contributed by atoms with E-state index in [4.69, 9.17) is 14.2 Å². The fourth-order valence-electron chi connectivity index (χ4n) is 1.93. The van der Waals surface area contributed by atoms with Crippen LogP contribution in [0.1, 0.15) is 32.4 Å². The quantitative estimate of drug-likeness (QED) is 0.285. The first-order chi connectivity index (χ1) is 9.08. The topological polar surface area (TPSA) is 36.5 Å². The van der Waals surface area contributed by atoms with Crippen LogP contribution in [0.4, 0.5) is 0 Å². The third-order valence-corrected chi connectivity index (χ3v) is 4.72. The number of aromatic nitrogens is 2. The van der Waals surface area contributed by atoms with Crippen LogP contribution in [0.15, 0.2) is 18.7 Å². The van der Waals surface area contributed by atoms with Gasteiger partial charge in [0.1, 0.15) is 17.8 Å². The van der Waals surface area contributed by atoms with Gasteiger partial charge in [0.05, 0.1) is 23.2 Å². The molecule has 0 saturated carbocycles. The number of nitrogens with zero attached hydrogens (tertiary/aromatic N) is 2. The summed E-state index contributed by atoms with van der Waals surface area (Å²) in [5.41, 5.74) is -0.501. The minimum absolute atomic E-state index is 0. The number of hydrogen-bond acceptors (Lipinski definition) is 3. The second-order valence-electron chi connectivity index (χ2n) is 4.89. The number of rotatable bonds is 9. The average Bonchev–Trinajstić information content (AvgIpc) is 2.91. The van der Waals surface area contributed by atoms with Crippen LogP contribution < -0.4 is 17.0 Å².